The molecule has 3 heteroatoms. The zero-order valence-corrected chi connectivity index (χ0v) is 13.0. The summed E-state index contributed by atoms with van der Waals surface area (Å²) in [4.78, 5) is 0. The average Bonchev–Trinajstić information content (AvgIpc) is 2.87. The van der Waals surface area contributed by atoms with E-state index in [1.807, 2.05) is 0 Å². The van der Waals surface area contributed by atoms with Crippen molar-refractivity contribution < 1.29 is 4.43 Å². The lowest BCUT2D eigenvalue weighted by Gasteiger charge is -2.41. The largest absolute Gasteiger partial charge is 0.408 e. The van der Waals surface area contributed by atoms with Gasteiger partial charge in [0.2, 0.25) is 0 Å². The van der Waals surface area contributed by atoms with Crippen molar-refractivity contribution in [1.82, 2.24) is 0 Å². The second kappa shape index (κ2) is 5.18. The van der Waals surface area contributed by atoms with E-state index in [4.69, 9.17) is 9.69 Å². The molecule has 0 radical (unpaired) electrons. The fourth-order valence-corrected chi connectivity index (χ4v) is 5.14. The fraction of sp³-hybridized carbons (Fsp3) is 0.800. The van der Waals surface area contributed by atoms with E-state index in [1.165, 1.54) is 31.3 Å². The van der Waals surface area contributed by atoms with Crippen LogP contribution < -0.4 is 0 Å². The number of allylic oxidation sites excluding steroid dienone is 1. The van der Waals surface area contributed by atoms with Gasteiger partial charge in [-0.05, 0) is 63.7 Å². The Labute approximate surface area is 112 Å². The summed E-state index contributed by atoms with van der Waals surface area (Å²) in [6.07, 6.45) is 10.2. The molecule has 1 fully saturated rings. The Morgan fingerprint density at radius 3 is 2.78 bits per heavy atom. The zero-order valence-electron chi connectivity index (χ0n) is 12.0. The predicted octanol–water partition coefficient (Wildman–Crippen LogP) is 4.40. The van der Waals surface area contributed by atoms with Crippen molar-refractivity contribution in [2.24, 2.45) is 5.92 Å². The molecule has 0 spiro atoms. The van der Waals surface area contributed by atoms with Crippen LogP contribution in [0, 0.1) is 17.2 Å². The Morgan fingerprint density at radius 1 is 1.44 bits per heavy atom. The molecule has 0 aromatic rings. The SMILES string of the molecule is C[Si](C)(C)OC1(C2=CCCC2)CCCC1CC#N. The molecule has 0 saturated heterocycles. The highest BCUT2D eigenvalue weighted by Gasteiger charge is 2.48. The van der Waals surface area contributed by atoms with Crippen molar-refractivity contribution >= 4 is 8.32 Å². The van der Waals surface area contributed by atoms with Crippen LogP contribution in [-0.4, -0.2) is 13.9 Å². The molecule has 2 rings (SSSR count). The van der Waals surface area contributed by atoms with Gasteiger partial charge >= 0.3 is 0 Å². The predicted molar refractivity (Wildman–Crippen MR) is 76.7 cm³/mol. The molecule has 100 valence electrons. The molecule has 2 atom stereocenters. The van der Waals surface area contributed by atoms with Crippen LogP contribution in [0.3, 0.4) is 0 Å². The Bertz CT molecular complexity index is 377. The molecule has 0 aliphatic heterocycles. The number of hydrogen-bond donors (Lipinski definition) is 0. The van der Waals surface area contributed by atoms with E-state index in [9.17, 15) is 0 Å². The Balaban J connectivity index is 2.30. The van der Waals surface area contributed by atoms with Crippen LogP contribution in [0.4, 0.5) is 0 Å². The quantitative estimate of drug-likeness (QED) is 0.556. The van der Waals surface area contributed by atoms with Gasteiger partial charge in [-0.25, -0.2) is 0 Å². The van der Waals surface area contributed by atoms with Crippen LogP contribution in [0.2, 0.25) is 19.6 Å². The maximum atomic E-state index is 9.09. The minimum atomic E-state index is -1.58. The van der Waals surface area contributed by atoms with E-state index in [2.05, 4.69) is 31.8 Å². The second-order valence-corrected chi connectivity index (χ2v) is 11.1. The van der Waals surface area contributed by atoms with Gasteiger partial charge in [0, 0.05) is 12.3 Å². The smallest absolute Gasteiger partial charge is 0.184 e. The molecule has 0 heterocycles. The minimum Gasteiger partial charge on any atom is -0.408 e. The van der Waals surface area contributed by atoms with Gasteiger partial charge in [-0.15, -0.1) is 0 Å². The van der Waals surface area contributed by atoms with Gasteiger partial charge in [-0.3, -0.25) is 0 Å². The Hall–Kier alpha value is -0.593. The normalized spacial score (nSPS) is 32.3. The first kappa shape index (κ1) is 13.8. The van der Waals surface area contributed by atoms with Crippen molar-refractivity contribution in [2.75, 3.05) is 0 Å². The van der Waals surface area contributed by atoms with E-state index in [0.717, 1.165) is 12.8 Å². The highest BCUT2D eigenvalue weighted by molar-refractivity contribution is 6.69. The molecule has 0 bridgehead atoms. The number of nitrogens with zero attached hydrogens (tertiary/aromatic N) is 1. The molecular weight excluding hydrogens is 238 g/mol. The maximum Gasteiger partial charge on any atom is 0.184 e. The highest BCUT2D eigenvalue weighted by Crippen LogP contribution is 2.49. The van der Waals surface area contributed by atoms with E-state index in [-0.39, 0.29) is 5.60 Å². The van der Waals surface area contributed by atoms with E-state index in [0.29, 0.717) is 12.3 Å². The molecule has 2 unspecified atom stereocenters. The van der Waals surface area contributed by atoms with Crippen LogP contribution in [0.1, 0.15) is 44.9 Å². The van der Waals surface area contributed by atoms with Crippen molar-refractivity contribution in [1.29, 1.82) is 5.26 Å². The van der Waals surface area contributed by atoms with Gasteiger partial charge in [-0.2, -0.15) is 5.26 Å². The standard InChI is InChI=1S/C15H25NOSi/c1-18(2,3)17-15(13-7-4-5-8-13)11-6-9-14(15)10-12-16/h7,14H,4-6,8-11H2,1-3H3. The summed E-state index contributed by atoms with van der Waals surface area (Å²) >= 11 is 0. The van der Waals surface area contributed by atoms with E-state index >= 15 is 0 Å². The van der Waals surface area contributed by atoms with Crippen molar-refractivity contribution in [3.63, 3.8) is 0 Å². The maximum absolute atomic E-state index is 9.09. The lowest BCUT2D eigenvalue weighted by Crippen LogP contribution is -2.46. The topological polar surface area (TPSA) is 33.0 Å². The van der Waals surface area contributed by atoms with Crippen LogP contribution in [0.25, 0.3) is 0 Å². The second-order valence-electron chi connectivity index (χ2n) is 6.68. The summed E-state index contributed by atoms with van der Waals surface area (Å²) in [6, 6.07) is 2.38. The number of nitriles is 1. The molecule has 2 nitrogen and oxygen atoms in total. The van der Waals surface area contributed by atoms with Crippen LogP contribution in [0.5, 0.6) is 0 Å². The zero-order chi connectivity index (χ0) is 13.2. The van der Waals surface area contributed by atoms with E-state index in [1.54, 1.807) is 0 Å². The summed E-state index contributed by atoms with van der Waals surface area (Å²) in [6.45, 7) is 6.81. The third kappa shape index (κ3) is 2.70. The average molecular weight is 263 g/mol. The van der Waals surface area contributed by atoms with Crippen LogP contribution in [0.15, 0.2) is 11.6 Å². The molecule has 1 saturated carbocycles. The number of rotatable bonds is 4. The lowest BCUT2D eigenvalue weighted by molar-refractivity contribution is 0.0576. The lowest BCUT2D eigenvalue weighted by atomic mass is 9.81. The van der Waals surface area contributed by atoms with Gasteiger partial charge in [0.05, 0.1) is 11.7 Å². The van der Waals surface area contributed by atoms with Crippen molar-refractivity contribution in [3.05, 3.63) is 11.6 Å². The van der Waals surface area contributed by atoms with Crippen LogP contribution in [-0.2, 0) is 4.43 Å². The van der Waals surface area contributed by atoms with Gasteiger partial charge in [-0.1, -0.05) is 6.08 Å². The van der Waals surface area contributed by atoms with Crippen LogP contribution >= 0.6 is 0 Å². The third-order valence-electron chi connectivity index (χ3n) is 4.17. The highest BCUT2D eigenvalue weighted by atomic mass is 28.4. The van der Waals surface area contributed by atoms with Gasteiger partial charge in [0.1, 0.15) is 0 Å². The number of hydrogen-bond acceptors (Lipinski definition) is 2. The molecule has 0 aromatic heterocycles. The summed E-state index contributed by atoms with van der Waals surface area (Å²) in [5.41, 5.74) is 1.44. The molecule has 0 amide bonds. The first-order valence-electron chi connectivity index (χ1n) is 7.24. The van der Waals surface area contributed by atoms with Gasteiger partial charge < -0.3 is 4.43 Å². The summed E-state index contributed by atoms with van der Waals surface area (Å²) < 4.78 is 6.65. The molecule has 18 heavy (non-hydrogen) atoms. The third-order valence-corrected chi connectivity index (χ3v) is 5.15. The van der Waals surface area contributed by atoms with Gasteiger partial charge in [0.25, 0.3) is 0 Å². The van der Waals surface area contributed by atoms with Crippen molar-refractivity contribution in [2.45, 2.75) is 70.2 Å². The fourth-order valence-electron chi connectivity index (χ4n) is 3.65. The monoisotopic (exact) mass is 263 g/mol. The Morgan fingerprint density at radius 2 is 2.22 bits per heavy atom. The summed E-state index contributed by atoms with van der Waals surface area (Å²) in [7, 11) is -1.58. The Kier molecular flexibility index (Phi) is 3.98. The molecule has 2 aliphatic rings. The van der Waals surface area contributed by atoms with Crippen molar-refractivity contribution in [3.8, 4) is 6.07 Å². The van der Waals surface area contributed by atoms with E-state index < -0.39 is 8.32 Å². The summed E-state index contributed by atoms with van der Waals surface area (Å²) in [5, 5.41) is 9.09. The molecule has 0 aromatic carbocycles. The van der Waals surface area contributed by atoms with Gasteiger partial charge in [0.15, 0.2) is 8.32 Å². The molecule has 0 N–H and O–H groups in total. The summed E-state index contributed by atoms with van der Waals surface area (Å²) in [5.74, 6) is 0.429. The molecule has 2 aliphatic carbocycles. The first-order chi connectivity index (χ1) is 8.48. The minimum absolute atomic E-state index is 0.0727. The molecular formula is C15H25NOSi. The first-order valence-corrected chi connectivity index (χ1v) is 10.7.